The van der Waals surface area contributed by atoms with Gasteiger partial charge in [0.1, 0.15) is 5.01 Å². The van der Waals surface area contributed by atoms with E-state index in [4.69, 9.17) is 26.8 Å². The second-order valence-electron chi connectivity index (χ2n) is 12.1. The van der Waals surface area contributed by atoms with Gasteiger partial charge >= 0.3 is 0 Å². The SMILES string of the molecule is Clc1nc2ccc(Cc3nnc4ccc(-c5ccc(-c6nc7ccc(Cc8nnc9ccc(-c%10ccccc%10)nn89)cc7s6)cc5)nn34)cc2s1. The van der Waals surface area contributed by atoms with E-state index in [1.54, 1.807) is 11.3 Å². The first-order valence-electron chi connectivity index (χ1n) is 16.1. The molecule has 0 aliphatic carbocycles. The number of fused-ring (bicyclic) bond motifs is 4. The zero-order chi connectivity index (χ0) is 33.9. The number of aromatic nitrogens is 10. The maximum absolute atomic E-state index is 6.12. The van der Waals surface area contributed by atoms with Crippen molar-refractivity contribution in [1.82, 2.24) is 49.6 Å². The van der Waals surface area contributed by atoms with Crippen LogP contribution >= 0.6 is 34.3 Å². The number of benzene rings is 4. The molecule has 0 atom stereocenters. The second-order valence-corrected chi connectivity index (χ2v) is 14.7. The normalized spacial score (nSPS) is 11.8. The van der Waals surface area contributed by atoms with E-state index < -0.39 is 0 Å². The highest BCUT2D eigenvalue weighted by Crippen LogP contribution is 2.33. The Hall–Kier alpha value is -5.95. The standard InChI is InChI=1S/C38H23ClN10S2/c39-38-41-30-13-7-23(19-32(30)51-38)21-36-45-43-34-17-15-28(47-49(34)36)25-8-10-26(11-9-25)37-40-29-12-6-22(18-31(29)50-37)20-35-44-42-33-16-14-27(46-48(33)35)24-4-2-1-3-5-24/h1-19H,20-21H2. The Bertz CT molecular complexity index is 2890. The third kappa shape index (κ3) is 5.59. The fourth-order valence-electron chi connectivity index (χ4n) is 6.21. The molecule has 13 heteroatoms. The van der Waals surface area contributed by atoms with E-state index in [2.05, 4.69) is 86.0 Å². The lowest BCUT2D eigenvalue weighted by Gasteiger charge is -2.05. The molecule has 0 unspecified atom stereocenters. The molecule has 6 aromatic heterocycles. The summed E-state index contributed by atoms with van der Waals surface area (Å²) < 4.78 is 6.35. The van der Waals surface area contributed by atoms with Gasteiger partial charge in [-0.2, -0.15) is 19.2 Å². The van der Waals surface area contributed by atoms with Crippen LogP contribution in [0.5, 0.6) is 0 Å². The molecule has 0 fully saturated rings. The maximum atomic E-state index is 6.12. The predicted octanol–water partition coefficient (Wildman–Crippen LogP) is 8.62. The quantitative estimate of drug-likeness (QED) is 0.161. The Morgan fingerprint density at radius 1 is 0.510 bits per heavy atom. The van der Waals surface area contributed by atoms with Crippen molar-refractivity contribution in [1.29, 1.82) is 0 Å². The molecule has 244 valence electrons. The molecule has 0 aliphatic rings. The monoisotopic (exact) mass is 718 g/mol. The van der Waals surface area contributed by atoms with Crippen LogP contribution in [0.25, 0.3) is 64.8 Å². The minimum Gasteiger partial charge on any atom is -0.236 e. The van der Waals surface area contributed by atoms with E-state index in [9.17, 15) is 0 Å². The van der Waals surface area contributed by atoms with Gasteiger partial charge in [-0.15, -0.1) is 43.1 Å². The van der Waals surface area contributed by atoms with Crippen LogP contribution in [0, 0.1) is 0 Å². The van der Waals surface area contributed by atoms with Crippen molar-refractivity contribution in [3.8, 4) is 33.1 Å². The largest absolute Gasteiger partial charge is 0.236 e. The third-order valence-electron chi connectivity index (χ3n) is 8.76. The molecule has 0 bridgehead atoms. The summed E-state index contributed by atoms with van der Waals surface area (Å²) in [6.07, 6.45) is 1.19. The van der Waals surface area contributed by atoms with Crippen LogP contribution in [-0.2, 0) is 12.8 Å². The van der Waals surface area contributed by atoms with Crippen molar-refractivity contribution in [2.45, 2.75) is 12.8 Å². The average molecular weight is 719 g/mol. The minimum absolute atomic E-state index is 0.536. The van der Waals surface area contributed by atoms with Crippen LogP contribution in [0.1, 0.15) is 22.8 Å². The van der Waals surface area contributed by atoms with E-state index >= 15 is 0 Å². The topological polar surface area (TPSA) is 112 Å². The summed E-state index contributed by atoms with van der Waals surface area (Å²) in [5.74, 6) is 1.55. The first kappa shape index (κ1) is 29.9. The van der Waals surface area contributed by atoms with Gasteiger partial charge < -0.3 is 0 Å². The Morgan fingerprint density at radius 3 is 1.69 bits per heavy atom. The highest BCUT2D eigenvalue weighted by molar-refractivity contribution is 7.22. The summed E-state index contributed by atoms with van der Waals surface area (Å²) in [7, 11) is 0. The van der Waals surface area contributed by atoms with Crippen molar-refractivity contribution in [2.75, 3.05) is 0 Å². The van der Waals surface area contributed by atoms with Gasteiger partial charge in [0.05, 0.1) is 31.8 Å². The molecule has 0 amide bonds. The molecule has 0 N–H and O–H groups in total. The van der Waals surface area contributed by atoms with Crippen LogP contribution in [0.2, 0.25) is 4.47 Å². The lowest BCUT2D eigenvalue weighted by atomic mass is 10.1. The van der Waals surface area contributed by atoms with Crippen molar-refractivity contribution in [3.63, 3.8) is 0 Å². The number of nitrogens with zero attached hydrogens (tertiary/aromatic N) is 10. The Balaban J connectivity index is 0.891. The number of thiazole rings is 2. The smallest absolute Gasteiger partial charge is 0.184 e. The summed E-state index contributed by atoms with van der Waals surface area (Å²) in [5, 5.41) is 28.3. The molecule has 10 nitrogen and oxygen atoms in total. The van der Waals surface area contributed by atoms with Gasteiger partial charge in [-0.05, 0) is 59.7 Å². The Morgan fingerprint density at radius 2 is 1.06 bits per heavy atom. The van der Waals surface area contributed by atoms with Crippen LogP contribution in [0.3, 0.4) is 0 Å². The molecule has 4 aromatic carbocycles. The van der Waals surface area contributed by atoms with Crippen LogP contribution < -0.4 is 0 Å². The average Bonchev–Trinajstić information content (AvgIpc) is 3.96. The van der Waals surface area contributed by atoms with Crippen molar-refractivity contribution in [2.24, 2.45) is 0 Å². The molecular weight excluding hydrogens is 696 g/mol. The second kappa shape index (κ2) is 12.1. The molecule has 10 aromatic rings. The van der Waals surface area contributed by atoms with Crippen LogP contribution in [0.4, 0.5) is 0 Å². The zero-order valence-corrected chi connectivity index (χ0v) is 28.9. The summed E-state index contributed by atoms with van der Waals surface area (Å²) in [6.45, 7) is 0. The van der Waals surface area contributed by atoms with E-state index in [1.807, 2.05) is 63.6 Å². The fourth-order valence-corrected chi connectivity index (χ4v) is 8.34. The molecule has 0 saturated heterocycles. The fraction of sp³-hybridized carbons (Fsp3) is 0.0526. The molecule has 0 aliphatic heterocycles. The number of hydrogen-bond acceptors (Lipinski definition) is 10. The summed E-state index contributed by atoms with van der Waals surface area (Å²) in [6, 6.07) is 38.8. The van der Waals surface area contributed by atoms with E-state index in [0.29, 0.717) is 23.0 Å². The molecule has 0 radical (unpaired) electrons. The van der Waals surface area contributed by atoms with Crippen LogP contribution in [-0.4, -0.2) is 49.6 Å². The van der Waals surface area contributed by atoms with Gasteiger partial charge in [-0.1, -0.05) is 78.3 Å². The number of halogens is 1. The van der Waals surface area contributed by atoms with Gasteiger partial charge in [0.15, 0.2) is 27.4 Å². The molecule has 51 heavy (non-hydrogen) atoms. The van der Waals surface area contributed by atoms with E-state index in [1.165, 1.54) is 11.3 Å². The van der Waals surface area contributed by atoms with E-state index in [0.717, 1.165) is 81.9 Å². The molecular formula is C38H23ClN10S2. The van der Waals surface area contributed by atoms with Crippen LogP contribution in [0.15, 0.2) is 115 Å². The lowest BCUT2D eigenvalue weighted by molar-refractivity contribution is 0.842. The summed E-state index contributed by atoms with van der Waals surface area (Å²) >= 11 is 9.26. The number of rotatable bonds is 7. The zero-order valence-electron chi connectivity index (χ0n) is 26.6. The lowest BCUT2D eigenvalue weighted by Crippen LogP contribution is -2.01. The highest BCUT2D eigenvalue weighted by Gasteiger charge is 2.14. The molecule has 0 saturated carbocycles. The van der Waals surface area contributed by atoms with E-state index in [-0.39, 0.29) is 0 Å². The highest BCUT2D eigenvalue weighted by atomic mass is 35.5. The number of hydrogen-bond donors (Lipinski definition) is 0. The molecule has 10 rings (SSSR count). The van der Waals surface area contributed by atoms with Crippen molar-refractivity contribution in [3.05, 3.63) is 143 Å². The first-order chi connectivity index (χ1) is 25.1. The summed E-state index contributed by atoms with van der Waals surface area (Å²) in [5.41, 5.74) is 10.3. The van der Waals surface area contributed by atoms with Gasteiger partial charge in [-0.25, -0.2) is 9.97 Å². The van der Waals surface area contributed by atoms with Gasteiger partial charge in [0, 0.05) is 29.5 Å². The van der Waals surface area contributed by atoms with Crippen molar-refractivity contribution < 1.29 is 0 Å². The van der Waals surface area contributed by atoms with Gasteiger partial charge in [-0.3, -0.25) is 0 Å². The molecule has 0 spiro atoms. The predicted molar refractivity (Wildman–Crippen MR) is 201 cm³/mol. The van der Waals surface area contributed by atoms with Gasteiger partial charge in [0.2, 0.25) is 0 Å². The first-order valence-corrected chi connectivity index (χ1v) is 18.1. The third-order valence-corrected chi connectivity index (χ3v) is 10.9. The molecule has 6 heterocycles. The summed E-state index contributed by atoms with van der Waals surface area (Å²) in [4.78, 5) is 9.30. The maximum Gasteiger partial charge on any atom is 0.184 e. The van der Waals surface area contributed by atoms with Crippen molar-refractivity contribution >= 4 is 66.0 Å². The minimum atomic E-state index is 0.536. The Kier molecular flexibility index (Phi) is 7.11. The Labute approximate surface area is 302 Å². The van der Waals surface area contributed by atoms with Gasteiger partial charge in [0.25, 0.3) is 0 Å².